The van der Waals surface area contributed by atoms with Crippen LogP contribution in [0, 0.1) is 5.92 Å². The van der Waals surface area contributed by atoms with Gasteiger partial charge in [-0.3, -0.25) is 9.59 Å². The van der Waals surface area contributed by atoms with Gasteiger partial charge >= 0.3 is 0 Å². The maximum atomic E-state index is 13.3. The zero-order chi connectivity index (χ0) is 22.3. The van der Waals surface area contributed by atoms with Crippen molar-refractivity contribution in [1.29, 1.82) is 0 Å². The second-order valence-electron chi connectivity index (χ2n) is 8.64. The molecule has 0 aliphatic carbocycles. The van der Waals surface area contributed by atoms with E-state index in [9.17, 15) is 9.59 Å². The Hall–Kier alpha value is -3.02. The van der Waals surface area contributed by atoms with Crippen molar-refractivity contribution in [3.63, 3.8) is 0 Å². The molecule has 2 aliphatic rings. The first-order valence-corrected chi connectivity index (χ1v) is 11.5. The molecule has 6 nitrogen and oxygen atoms in total. The molecule has 1 unspecified atom stereocenters. The molecule has 0 aromatic heterocycles. The molecular formula is C26H32N2O4. The van der Waals surface area contributed by atoms with Crippen LogP contribution in [-0.4, -0.2) is 61.0 Å². The number of benzene rings is 2. The van der Waals surface area contributed by atoms with Gasteiger partial charge in [-0.25, -0.2) is 0 Å². The minimum Gasteiger partial charge on any atom is -0.497 e. The van der Waals surface area contributed by atoms with Crippen LogP contribution in [0.5, 0.6) is 11.5 Å². The smallest absolute Gasteiger partial charge is 0.260 e. The van der Waals surface area contributed by atoms with E-state index in [0.29, 0.717) is 18.8 Å². The van der Waals surface area contributed by atoms with Gasteiger partial charge in [-0.1, -0.05) is 30.3 Å². The zero-order valence-electron chi connectivity index (χ0n) is 18.7. The van der Waals surface area contributed by atoms with Crippen LogP contribution in [-0.2, 0) is 16.0 Å². The van der Waals surface area contributed by atoms with Crippen molar-refractivity contribution < 1.29 is 19.1 Å². The van der Waals surface area contributed by atoms with Crippen LogP contribution in [0.1, 0.15) is 31.2 Å². The lowest BCUT2D eigenvalue weighted by Gasteiger charge is -2.35. The number of nitrogens with zero attached hydrogens (tertiary/aromatic N) is 2. The van der Waals surface area contributed by atoms with Gasteiger partial charge < -0.3 is 19.3 Å². The van der Waals surface area contributed by atoms with Crippen LogP contribution < -0.4 is 9.47 Å². The molecule has 2 amide bonds. The molecule has 0 radical (unpaired) electrons. The minimum absolute atomic E-state index is 0.00000109. The highest BCUT2D eigenvalue weighted by Gasteiger charge is 2.35. The number of para-hydroxylation sites is 1. The van der Waals surface area contributed by atoms with Gasteiger partial charge in [0.05, 0.1) is 7.11 Å². The van der Waals surface area contributed by atoms with E-state index in [4.69, 9.17) is 9.47 Å². The third-order valence-electron chi connectivity index (χ3n) is 6.57. The van der Waals surface area contributed by atoms with Gasteiger partial charge in [-0.2, -0.15) is 0 Å². The summed E-state index contributed by atoms with van der Waals surface area (Å²) in [5.41, 5.74) is 1.20. The molecule has 6 heteroatoms. The van der Waals surface area contributed by atoms with Crippen molar-refractivity contribution in [2.45, 2.75) is 38.1 Å². The van der Waals surface area contributed by atoms with Gasteiger partial charge in [0.25, 0.3) is 5.91 Å². The second-order valence-corrected chi connectivity index (χ2v) is 8.64. The Morgan fingerprint density at radius 2 is 1.69 bits per heavy atom. The summed E-state index contributed by atoms with van der Waals surface area (Å²) in [7, 11) is 1.68. The molecule has 32 heavy (non-hydrogen) atoms. The van der Waals surface area contributed by atoms with Crippen LogP contribution in [0.25, 0.3) is 0 Å². The van der Waals surface area contributed by atoms with E-state index >= 15 is 0 Å². The van der Waals surface area contributed by atoms with Crippen molar-refractivity contribution in [2.24, 2.45) is 5.92 Å². The van der Waals surface area contributed by atoms with Gasteiger partial charge in [-0.05, 0) is 61.9 Å². The lowest BCUT2D eigenvalue weighted by atomic mass is 9.94. The average molecular weight is 437 g/mol. The highest BCUT2D eigenvalue weighted by molar-refractivity contribution is 5.81. The average Bonchev–Trinajstić information content (AvgIpc) is 3.31. The largest absolute Gasteiger partial charge is 0.497 e. The summed E-state index contributed by atoms with van der Waals surface area (Å²) in [5, 5.41) is 0. The van der Waals surface area contributed by atoms with Crippen molar-refractivity contribution in [3.8, 4) is 11.5 Å². The molecule has 2 heterocycles. The van der Waals surface area contributed by atoms with Gasteiger partial charge in [0.1, 0.15) is 11.5 Å². The Morgan fingerprint density at radius 3 is 2.44 bits per heavy atom. The molecule has 0 spiro atoms. The number of rotatable bonds is 7. The number of carbonyl (C=O) groups is 2. The van der Waals surface area contributed by atoms with E-state index in [0.717, 1.165) is 44.4 Å². The third-order valence-corrected chi connectivity index (χ3v) is 6.57. The quantitative estimate of drug-likeness (QED) is 0.666. The summed E-state index contributed by atoms with van der Waals surface area (Å²) >= 11 is 0. The van der Waals surface area contributed by atoms with E-state index in [1.807, 2.05) is 47.4 Å². The summed E-state index contributed by atoms with van der Waals surface area (Å²) in [6, 6.07) is 17.7. The molecule has 4 rings (SSSR count). The molecule has 2 aliphatic heterocycles. The lowest BCUT2D eigenvalue weighted by molar-refractivity contribution is -0.142. The normalized spacial score (nSPS) is 19.1. The van der Waals surface area contributed by atoms with E-state index in [-0.39, 0.29) is 30.4 Å². The highest BCUT2D eigenvalue weighted by Crippen LogP contribution is 2.28. The van der Waals surface area contributed by atoms with Crippen molar-refractivity contribution >= 4 is 11.8 Å². The standard InChI is InChI=1S/C26H32N2O4/c1-31-24-11-5-7-20(18-24)17-22-8-6-14-28(22)26(30)21-12-15-27(16-13-21)25(29)19-32-23-9-3-2-4-10-23/h2-5,7,9-11,18,21-22H,6,8,12-17,19H2,1H3. The molecule has 2 saturated heterocycles. The van der Waals surface area contributed by atoms with Crippen LogP contribution >= 0.6 is 0 Å². The van der Waals surface area contributed by atoms with Crippen molar-refractivity contribution in [3.05, 3.63) is 60.2 Å². The molecule has 2 aromatic carbocycles. The van der Waals surface area contributed by atoms with Crippen LogP contribution in [0.4, 0.5) is 0 Å². The number of hydrogen-bond acceptors (Lipinski definition) is 4. The van der Waals surface area contributed by atoms with Crippen molar-refractivity contribution in [1.82, 2.24) is 9.80 Å². The van der Waals surface area contributed by atoms with Crippen LogP contribution in [0.15, 0.2) is 54.6 Å². The van der Waals surface area contributed by atoms with E-state index in [2.05, 4.69) is 17.0 Å². The predicted molar refractivity (Wildman–Crippen MR) is 123 cm³/mol. The molecule has 170 valence electrons. The summed E-state index contributed by atoms with van der Waals surface area (Å²) in [4.78, 5) is 29.7. The minimum atomic E-state index is -0.0168. The van der Waals surface area contributed by atoms with Gasteiger partial charge in [0, 0.05) is 31.6 Å². The Morgan fingerprint density at radius 1 is 0.938 bits per heavy atom. The molecule has 1 atom stereocenters. The summed E-state index contributed by atoms with van der Waals surface area (Å²) in [6.07, 6.45) is 4.39. The van der Waals surface area contributed by atoms with E-state index in [1.165, 1.54) is 5.56 Å². The first-order valence-electron chi connectivity index (χ1n) is 11.5. The molecule has 2 fully saturated rings. The number of piperidine rings is 1. The fraction of sp³-hybridized carbons (Fsp3) is 0.462. The number of likely N-dealkylation sites (tertiary alicyclic amines) is 2. The Kier molecular flexibility index (Phi) is 7.30. The third kappa shape index (κ3) is 5.42. The lowest BCUT2D eigenvalue weighted by Crippen LogP contribution is -2.47. The number of hydrogen-bond donors (Lipinski definition) is 0. The molecule has 0 N–H and O–H groups in total. The number of methoxy groups -OCH3 is 1. The van der Waals surface area contributed by atoms with E-state index in [1.54, 1.807) is 7.11 Å². The maximum Gasteiger partial charge on any atom is 0.260 e. The molecule has 0 saturated carbocycles. The van der Waals surface area contributed by atoms with Crippen LogP contribution in [0.2, 0.25) is 0 Å². The molecule has 0 bridgehead atoms. The number of amides is 2. The second kappa shape index (κ2) is 10.5. The SMILES string of the molecule is COc1cccc(CC2CCCN2C(=O)C2CCN(C(=O)COc3ccccc3)CC2)c1. The van der Waals surface area contributed by atoms with E-state index < -0.39 is 0 Å². The Bertz CT molecular complexity index is 909. The Labute approximate surface area is 190 Å². The topological polar surface area (TPSA) is 59.1 Å². The van der Waals surface area contributed by atoms with Gasteiger partial charge in [-0.15, -0.1) is 0 Å². The summed E-state index contributed by atoms with van der Waals surface area (Å²) in [5.74, 6) is 1.79. The predicted octanol–water partition coefficient (Wildman–Crippen LogP) is 3.55. The fourth-order valence-corrected chi connectivity index (χ4v) is 4.77. The first kappa shape index (κ1) is 22.2. The summed E-state index contributed by atoms with van der Waals surface area (Å²) < 4.78 is 10.9. The summed E-state index contributed by atoms with van der Waals surface area (Å²) in [6.45, 7) is 2.10. The Balaban J connectivity index is 1.27. The van der Waals surface area contributed by atoms with Crippen LogP contribution in [0.3, 0.4) is 0 Å². The zero-order valence-corrected chi connectivity index (χ0v) is 18.7. The van der Waals surface area contributed by atoms with Gasteiger partial charge in [0.15, 0.2) is 6.61 Å². The number of ether oxygens (including phenoxy) is 2. The highest BCUT2D eigenvalue weighted by atomic mass is 16.5. The maximum absolute atomic E-state index is 13.3. The van der Waals surface area contributed by atoms with Gasteiger partial charge in [0.2, 0.25) is 5.91 Å². The first-order chi connectivity index (χ1) is 15.6. The molecule has 2 aromatic rings. The number of carbonyl (C=O) groups excluding carboxylic acids is 2. The van der Waals surface area contributed by atoms with Crippen molar-refractivity contribution in [2.75, 3.05) is 33.4 Å². The fourth-order valence-electron chi connectivity index (χ4n) is 4.77. The molecular weight excluding hydrogens is 404 g/mol. The monoisotopic (exact) mass is 436 g/mol.